The van der Waals surface area contributed by atoms with Crippen molar-refractivity contribution >= 4 is 17.6 Å². The summed E-state index contributed by atoms with van der Waals surface area (Å²) in [6.45, 7) is 4.78. The quantitative estimate of drug-likeness (QED) is 0.738. The van der Waals surface area contributed by atoms with Crippen molar-refractivity contribution in [1.82, 2.24) is 25.0 Å². The summed E-state index contributed by atoms with van der Waals surface area (Å²) in [6.07, 6.45) is 8.63. The second-order valence-electron chi connectivity index (χ2n) is 8.07. The summed E-state index contributed by atoms with van der Waals surface area (Å²) in [4.78, 5) is 30.6. The molecule has 30 heavy (non-hydrogen) atoms. The number of rotatable bonds is 5. The van der Waals surface area contributed by atoms with E-state index in [0.29, 0.717) is 36.0 Å². The lowest BCUT2D eigenvalue weighted by atomic mass is 10.0. The lowest BCUT2D eigenvalue weighted by Crippen LogP contribution is -2.44. The van der Waals surface area contributed by atoms with E-state index in [4.69, 9.17) is 0 Å². The summed E-state index contributed by atoms with van der Waals surface area (Å²) in [5.74, 6) is -0.865. The molecule has 0 bridgehead atoms. The number of aromatic nitrogens is 3. The summed E-state index contributed by atoms with van der Waals surface area (Å²) in [7, 11) is 0. The molecule has 8 nitrogen and oxygen atoms in total. The molecule has 2 aliphatic heterocycles. The molecule has 2 fully saturated rings. The van der Waals surface area contributed by atoms with Crippen LogP contribution in [-0.2, 0) is 11.3 Å². The number of amides is 2. The third-order valence-electron chi connectivity index (χ3n) is 5.93. The van der Waals surface area contributed by atoms with E-state index < -0.39 is 5.82 Å². The van der Waals surface area contributed by atoms with Crippen molar-refractivity contribution in [2.24, 2.45) is 0 Å². The van der Waals surface area contributed by atoms with Crippen molar-refractivity contribution in [3.63, 3.8) is 0 Å². The fourth-order valence-corrected chi connectivity index (χ4v) is 4.20. The van der Waals surface area contributed by atoms with Gasteiger partial charge in [0, 0.05) is 43.0 Å². The second-order valence-corrected chi connectivity index (χ2v) is 8.07. The average molecular weight is 410 g/mol. The molecule has 1 atom stereocenters. The minimum Gasteiger partial charge on any atom is -0.363 e. The Balaban J connectivity index is 1.49. The van der Waals surface area contributed by atoms with E-state index in [1.165, 1.54) is 6.08 Å². The van der Waals surface area contributed by atoms with Gasteiger partial charge in [-0.3, -0.25) is 14.3 Å². The van der Waals surface area contributed by atoms with E-state index >= 15 is 4.39 Å². The first-order valence-electron chi connectivity index (χ1n) is 10.3. The minimum atomic E-state index is -0.520. The van der Waals surface area contributed by atoms with Gasteiger partial charge in [0.1, 0.15) is 0 Å². The molecule has 0 radical (unpaired) electrons. The molecule has 1 aliphatic carbocycles. The third-order valence-corrected chi connectivity index (χ3v) is 5.93. The third kappa shape index (κ3) is 3.24. The van der Waals surface area contributed by atoms with Crippen molar-refractivity contribution in [3.8, 4) is 11.3 Å². The first-order chi connectivity index (χ1) is 14.5. The number of likely N-dealkylation sites (tertiary alicyclic amines) is 1. The Hall–Kier alpha value is -3.23. The molecular formula is C21H23FN6O2. The van der Waals surface area contributed by atoms with Crippen LogP contribution < -0.4 is 10.6 Å². The van der Waals surface area contributed by atoms with E-state index in [2.05, 4.69) is 27.3 Å². The van der Waals surface area contributed by atoms with E-state index in [1.807, 2.05) is 10.9 Å². The molecule has 5 rings (SSSR count). The number of piperidine rings is 1. The molecule has 2 amide bonds. The van der Waals surface area contributed by atoms with Crippen molar-refractivity contribution < 1.29 is 14.0 Å². The van der Waals surface area contributed by atoms with Gasteiger partial charge in [-0.1, -0.05) is 6.58 Å². The largest absolute Gasteiger partial charge is 0.363 e. The Morgan fingerprint density at radius 1 is 1.37 bits per heavy atom. The maximum absolute atomic E-state index is 15.2. The number of carbonyl (C=O) groups excluding carboxylic acids is 2. The Kier molecular flexibility index (Phi) is 4.52. The van der Waals surface area contributed by atoms with Crippen molar-refractivity contribution in [3.05, 3.63) is 42.0 Å². The molecule has 2 N–H and O–H groups in total. The Morgan fingerprint density at radius 3 is 2.97 bits per heavy atom. The van der Waals surface area contributed by atoms with Gasteiger partial charge in [-0.2, -0.15) is 5.10 Å². The maximum Gasteiger partial charge on any atom is 0.254 e. The van der Waals surface area contributed by atoms with Crippen LogP contribution in [0.25, 0.3) is 11.3 Å². The topological polar surface area (TPSA) is 92.2 Å². The van der Waals surface area contributed by atoms with Crippen LogP contribution in [0.15, 0.2) is 25.0 Å². The van der Waals surface area contributed by atoms with Gasteiger partial charge in [-0.05, 0) is 31.8 Å². The molecular weight excluding hydrogens is 387 g/mol. The van der Waals surface area contributed by atoms with E-state index in [1.54, 1.807) is 11.1 Å². The molecule has 1 saturated carbocycles. The Labute approximate surface area is 173 Å². The van der Waals surface area contributed by atoms with Crippen LogP contribution in [0.1, 0.15) is 47.6 Å². The molecule has 1 saturated heterocycles. The van der Waals surface area contributed by atoms with Crippen LogP contribution in [0.5, 0.6) is 0 Å². The zero-order valence-corrected chi connectivity index (χ0v) is 16.5. The highest BCUT2D eigenvalue weighted by atomic mass is 19.1. The number of hydrogen-bond acceptors (Lipinski definition) is 5. The van der Waals surface area contributed by atoms with Crippen LogP contribution in [0.4, 0.5) is 10.2 Å². The van der Waals surface area contributed by atoms with Gasteiger partial charge in [0.25, 0.3) is 5.91 Å². The van der Waals surface area contributed by atoms with Crippen LogP contribution in [0.2, 0.25) is 0 Å². The first kappa shape index (κ1) is 18.8. The average Bonchev–Trinajstić information content (AvgIpc) is 3.36. The summed E-state index contributed by atoms with van der Waals surface area (Å²) < 4.78 is 17.1. The zero-order valence-electron chi connectivity index (χ0n) is 16.5. The number of hydrogen-bond donors (Lipinski definition) is 2. The molecule has 156 valence electrons. The lowest BCUT2D eigenvalue weighted by molar-refractivity contribution is -0.127. The van der Waals surface area contributed by atoms with Crippen LogP contribution >= 0.6 is 0 Å². The summed E-state index contributed by atoms with van der Waals surface area (Å²) in [5, 5.41) is 10.3. The number of nitrogens with zero attached hydrogens (tertiary/aromatic N) is 4. The summed E-state index contributed by atoms with van der Waals surface area (Å²) in [5.41, 5.74) is 1.73. The van der Waals surface area contributed by atoms with Gasteiger partial charge in [-0.15, -0.1) is 0 Å². The van der Waals surface area contributed by atoms with Gasteiger partial charge >= 0.3 is 0 Å². The lowest BCUT2D eigenvalue weighted by Gasteiger charge is -2.33. The minimum absolute atomic E-state index is 0.109. The van der Waals surface area contributed by atoms with Crippen LogP contribution in [0, 0.1) is 5.82 Å². The summed E-state index contributed by atoms with van der Waals surface area (Å²) in [6, 6.07) is 0.268. The van der Waals surface area contributed by atoms with Gasteiger partial charge in [0.2, 0.25) is 5.91 Å². The van der Waals surface area contributed by atoms with Crippen molar-refractivity contribution in [2.75, 3.05) is 18.4 Å². The fraction of sp³-hybridized carbons (Fsp3) is 0.429. The van der Waals surface area contributed by atoms with Crippen LogP contribution in [0.3, 0.4) is 0 Å². The van der Waals surface area contributed by atoms with E-state index in [0.717, 1.165) is 25.7 Å². The number of anilines is 1. The van der Waals surface area contributed by atoms with Gasteiger partial charge in [-0.25, -0.2) is 9.37 Å². The van der Waals surface area contributed by atoms with Crippen LogP contribution in [-0.4, -0.2) is 50.6 Å². The number of halogens is 1. The van der Waals surface area contributed by atoms with Gasteiger partial charge in [0.05, 0.1) is 23.5 Å². The Morgan fingerprint density at radius 2 is 2.20 bits per heavy atom. The van der Waals surface area contributed by atoms with Crippen molar-refractivity contribution in [1.29, 1.82) is 0 Å². The molecule has 4 heterocycles. The summed E-state index contributed by atoms with van der Waals surface area (Å²) >= 11 is 0. The SMILES string of the molecule is C=CC(=O)N1CCCC(Nc2nc(-c3cnn(C4CC4)c3)c3c(c2F)CNC3=O)C1. The standard InChI is InChI=1S/C21H23FN6O2/c1-2-16(29)27-7-3-4-13(11-27)25-20-18(22)15-9-23-21(30)17(15)19(26-20)12-8-24-28(10-12)14-5-6-14/h2,8,10,13-14H,1,3-7,9,11H2,(H,23,30)(H,25,26). The Bertz CT molecular complexity index is 1040. The predicted molar refractivity (Wildman–Crippen MR) is 108 cm³/mol. The van der Waals surface area contributed by atoms with Gasteiger partial charge in [0.15, 0.2) is 11.6 Å². The number of fused-ring (bicyclic) bond motifs is 1. The number of pyridine rings is 1. The van der Waals surface area contributed by atoms with Crippen molar-refractivity contribution in [2.45, 2.75) is 44.3 Å². The molecule has 0 aromatic carbocycles. The first-order valence-corrected chi connectivity index (χ1v) is 10.3. The molecule has 0 spiro atoms. The molecule has 1 unspecified atom stereocenters. The van der Waals surface area contributed by atoms with Gasteiger partial charge < -0.3 is 15.5 Å². The van der Waals surface area contributed by atoms with E-state index in [9.17, 15) is 9.59 Å². The van der Waals surface area contributed by atoms with E-state index in [-0.39, 0.29) is 35.8 Å². The second kappa shape index (κ2) is 7.23. The molecule has 9 heteroatoms. The molecule has 2 aromatic rings. The molecule has 2 aromatic heterocycles. The smallest absolute Gasteiger partial charge is 0.254 e. The fourth-order valence-electron chi connectivity index (χ4n) is 4.20. The normalized spacial score (nSPS) is 20.6. The predicted octanol–water partition coefficient (Wildman–Crippen LogP) is 2.25. The molecule has 3 aliphatic rings. The highest BCUT2D eigenvalue weighted by molar-refractivity contribution is 6.04. The highest BCUT2D eigenvalue weighted by Gasteiger charge is 2.33. The zero-order chi connectivity index (χ0) is 20.8. The number of carbonyl (C=O) groups is 2. The maximum atomic E-state index is 15.2. The number of nitrogens with one attached hydrogen (secondary N) is 2. The highest BCUT2D eigenvalue weighted by Crippen LogP contribution is 2.37. The monoisotopic (exact) mass is 410 g/mol.